The van der Waals surface area contributed by atoms with E-state index in [1.165, 1.54) is 51.4 Å². The van der Waals surface area contributed by atoms with Crippen LogP contribution in [0.2, 0.25) is 0 Å². The minimum absolute atomic E-state index is 0.184. The van der Waals surface area contributed by atoms with E-state index in [2.05, 4.69) is 17.2 Å². The van der Waals surface area contributed by atoms with Gasteiger partial charge in [0, 0.05) is 6.20 Å². The molecule has 1 saturated carbocycles. The molecule has 3 N–H and O–H groups in total. The van der Waals surface area contributed by atoms with E-state index in [1.807, 2.05) is 36.4 Å². The van der Waals surface area contributed by atoms with E-state index in [9.17, 15) is 4.57 Å². The predicted molar refractivity (Wildman–Crippen MR) is 141 cm³/mol. The number of rotatable bonds is 16. The average molecular weight is 505 g/mol. The van der Waals surface area contributed by atoms with Gasteiger partial charge in [-0.05, 0) is 61.1 Å². The number of ether oxygens (including phenoxy) is 1. The van der Waals surface area contributed by atoms with Crippen LogP contribution in [0.4, 0.5) is 5.82 Å². The number of phosphoric ester groups is 1. The minimum atomic E-state index is -4.52. The largest absolute Gasteiger partial charge is 0.494 e. The van der Waals surface area contributed by atoms with Gasteiger partial charge in [0.05, 0.1) is 18.8 Å². The lowest BCUT2D eigenvalue weighted by atomic mass is 10.1. The SMILES string of the molecule is CCCCCCCCCCCOc1cccc(-c2ccnc(N[C@@H]3CCC[C@@H]3OP(=O)(O)O)c2)c1. The molecule has 194 valence electrons. The number of nitrogens with one attached hydrogen (secondary N) is 1. The molecule has 7 nitrogen and oxygen atoms in total. The highest BCUT2D eigenvalue weighted by molar-refractivity contribution is 7.46. The van der Waals surface area contributed by atoms with Gasteiger partial charge in [0.1, 0.15) is 11.6 Å². The van der Waals surface area contributed by atoms with Gasteiger partial charge in [0.2, 0.25) is 0 Å². The van der Waals surface area contributed by atoms with Crippen LogP contribution in [0.5, 0.6) is 5.75 Å². The fourth-order valence-electron chi connectivity index (χ4n) is 4.64. The summed E-state index contributed by atoms with van der Waals surface area (Å²) >= 11 is 0. The van der Waals surface area contributed by atoms with E-state index in [4.69, 9.17) is 19.0 Å². The Morgan fingerprint density at radius 2 is 1.69 bits per heavy atom. The molecule has 1 fully saturated rings. The molecular formula is C27H41N2O5P. The van der Waals surface area contributed by atoms with Crippen LogP contribution in [0.15, 0.2) is 42.6 Å². The number of phosphoric acid groups is 1. The zero-order valence-corrected chi connectivity index (χ0v) is 21.8. The molecule has 1 heterocycles. The highest BCUT2D eigenvalue weighted by Crippen LogP contribution is 2.42. The Balaban J connectivity index is 1.46. The summed E-state index contributed by atoms with van der Waals surface area (Å²) in [7, 11) is -4.52. The van der Waals surface area contributed by atoms with Gasteiger partial charge in [-0.1, -0.05) is 70.4 Å². The van der Waals surface area contributed by atoms with Gasteiger partial charge in [-0.25, -0.2) is 9.55 Å². The standard InChI is InChI=1S/C27H41N2O5P/c1-2-3-4-5-6-7-8-9-10-19-33-24-14-11-13-22(20-24)23-17-18-28-27(21-23)29-25-15-12-16-26(25)34-35(30,31)32/h11,13-14,17-18,20-21,25-26H,2-10,12,15-16,19H2,1H3,(H,28,29)(H2,30,31,32)/t25-,26+/m1/s1. The summed E-state index contributed by atoms with van der Waals surface area (Å²) in [4.78, 5) is 22.7. The Morgan fingerprint density at radius 1 is 0.971 bits per heavy atom. The summed E-state index contributed by atoms with van der Waals surface area (Å²) in [6.07, 6.45) is 15.1. The third-order valence-electron chi connectivity index (χ3n) is 6.50. The Bertz CT molecular complexity index is 935. The first kappa shape index (κ1) is 27.7. The molecule has 0 amide bonds. The quantitative estimate of drug-likeness (QED) is 0.166. The third-order valence-corrected chi connectivity index (χ3v) is 7.05. The molecule has 0 unspecified atom stereocenters. The van der Waals surface area contributed by atoms with Crippen molar-refractivity contribution in [2.45, 2.75) is 96.1 Å². The summed E-state index contributed by atoms with van der Waals surface area (Å²) in [6.45, 7) is 2.98. The highest BCUT2D eigenvalue weighted by Gasteiger charge is 2.33. The van der Waals surface area contributed by atoms with Crippen LogP contribution >= 0.6 is 7.82 Å². The van der Waals surface area contributed by atoms with Gasteiger partial charge in [0.25, 0.3) is 0 Å². The first-order valence-corrected chi connectivity index (χ1v) is 14.7. The number of hydrogen-bond acceptors (Lipinski definition) is 5. The molecule has 2 atom stereocenters. The van der Waals surface area contributed by atoms with Crippen molar-refractivity contribution >= 4 is 13.6 Å². The smallest absolute Gasteiger partial charge is 0.469 e. The molecule has 1 aromatic carbocycles. The van der Waals surface area contributed by atoms with E-state index < -0.39 is 13.9 Å². The van der Waals surface area contributed by atoms with Crippen LogP contribution in [-0.4, -0.2) is 33.5 Å². The van der Waals surface area contributed by atoms with Gasteiger partial charge in [-0.15, -0.1) is 0 Å². The van der Waals surface area contributed by atoms with E-state index in [1.54, 1.807) is 6.20 Å². The topological polar surface area (TPSA) is 101 Å². The Morgan fingerprint density at radius 3 is 2.43 bits per heavy atom. The van der Waals surface area contributed by atoms with Crippen molar-refractivity contribution in [3.8, 4) is 16.9 Å². The molecule has 2 aromatic rings. The second-order valence-electron chi connectivity index (χ2n) is 9.45. The number of pyridine rings is 1. The Labute approximate surface area is 209 Å². The average Bonchev–Trinajstić information content (AvgIpc) is 3.25. The van der Waals surface area contributed by atoms with Gasteiger partial charge in [-0.3, -0.25) is 4.52 Å². The van der Waals surface area contributed by atoms with Crippen molar-refractivity contribution < 1.29 is 23.6 Å². The van der Waals surface area contributed by atoms with E-state index >= 15 is 0 Å². The van der Waals surface area contributed by atoms with Crippen LogP contribution < -0.4 is 10.1 Å². The molecule has 0 aliphatic heterocycles. The summed E-state index contributed by atoms with van der Waals surface area (Å²) in [5.41, 5.74) is 2.04. The first-order valence-electron chi connectivity index (χ1n) is 13.1. The zero-order valence-electron chi connectivity index (χ0n) is 20.9. The van der Waals surface area contributed by atoms with Crippen molar-refractivity contribution in [1.29, 1.82) is 0 Å². The monoisotopic (exact) mass is 504 g/mol. The number of hydrogen-bond donors (Lipinski definition) is 3. The Hall–Kier alpha value is -1.92. The normalized spacial score (nSPS) is 18.0. The van der Waals surface area contributed by atoms with Crippen LogP contribution in [0.1, 0.15) is 84.0 Å². The molecular weight excluding hydrogens is 463 g/mol. The maximum atomic E-state index is 11.3. The van der Waals surface area contributed by atoms with Crippen molar-refractivity contribution in [3.05, 3.63) is 42.6 Å². The van der Waals surface area contributed by atoms with Gasteiger partial charge < -0.3 is 19.8 Å². The molecule has 3 rings (SSSR count). The summed E-state index contributed by atoms with van der Waals surface area (Å²) in [6, 6.07) is 11.8. The van der Waals surface area contributed by atoms with Crippen LogP contribution in [-0.2, 0) is 9.09 Å². The van der Waals surface area contributed by atoms with E-state index in [0.717, 1.165) is 42.7 Å². The van der Waals surface area contributed by atoms with Crippen LogP contribution in [0.3, 0.4) is 0 Å². The second kappa shape index (κ2) is 14.6. The maximum Gasteiger partial charge on any atom is 0.469 e. The predicted octanol–water partition coefficient (Wildman–Crippen LogP) is 7.10. The van der Waals surface area contributed by atoms with Crippen molar-refractivity contribution in [1.82, 2.24) is 4.98 Å². The lowest BCUT2D eigenvalue weighted by Gasteiger charge is -2.22. The van der Waals surface area contributed by atoms with Gasteiger partial charge in [0.15, 0.2) is 0 Å². The van der Waals surface area contributed by atoms with E-state index in [-0.39, 0.29) is 6.04 Å². The zero-order chi connectivity index (χ0) is 24.9. The molecule has 1 aliphatic carbocycles. The lowest BCUT2D eigenvalue weighted by Crippen LogP contribution is -2.30. The highest BCUT2D eigenvalue weighted by atomic mass is 31.2. The number of nitrogens with zero attached hydrogens (tertiary/aromatic N) is 1. The number of aromatic nitrogens is 1. The fourth-order valence-corrected chi connectivity index (χ4v) is 5.25. The summed E-state index contributed by atoms with van der Waals surface area (Å²) in [5.74, 6) is 1.52. The van der Waals surface area contributed by atoms with Gasteiger partial charge >= 0.3 is 7.82 Å². The number of benzene rings is 1. The molecule has 35 heavy (non-hydrogen) atoms. The molecule has 0 spiro atoms. The summed E-state index contributed by atoms with van der Waals surface area (Å²) < 4.78 is 22.2. The molecule has 8 heteroatoms. The lowest BCUT2D eigenvalue weighted by molar-refractivity contribution is 0.130. The molecule has 0 saturated heterocycles. The number of anilines is 1. The third kappa shape index (κ3) is 10.3. The van der Waals surface area contributed by atoms with Crippen LogP contribution in [0.25, 0.3) is 11.1 Å². The maximum absolute atomic E-state index is 11.3. The number of unbranched alkanes of at least 4 members (excludes halogenated alkanes) is 8. The molecule has 0 radical (unpaired) electrons. The van der Waals surface area contributed by atoms with E-state index in [0.29, 0.717) is 12.2 Å². The molecule has 0 bridgehead atoms. The van der Waals surface area contributed by atoms with Crippen molar-refractivity contribution in [2.75, 3.05) is 11.9 Å². The molecule has 1 aliphatic rings. The van der Waals surface area contributed by atoms with Crippen LogP contribution in [0, 0.1) is 0 Å². The second-order valence-corrected chi connectivity index (χ2v) is 10.6. The first-order chi connectivity index (χ1) is 16.9. The van der Waals surface area contributed by atoms with Gasteiger partial charge in [-0.2, -0.15) is 0 Å². The van der Waals surface area contributed by atoms with Crippen molar-refractivity contribution in [3.63, 3.8) is 0 Å². The summed E-state index contributed by atoms with van der Waals surface area (Å²) in [5, 5.41) is 3.30. The minimum Gasteiger partial charge on any atom is -0.494 e. The van der Waals surface area contributed by atoms with Crippen molar-refractivity contribution in [2.24, 2.45) is 0 Å². The fraction of sp³-hybridized carbons (Fsp3) is 0.593. The Kier molecular flexibility index (Phi) is 11.5. The molecule has 1 aromatic heterocycles.